The molecule has 1 unspecified atom stereocenters. The van der Waals surface area contributed by atoms with Crippen LogP contribution in [-0.4, -0.2) is 29.2 Å². The van der Waals surface area contributed by atoms with E-state index in [1.807, 2.05) is 11.5 Å². The molecule has 0 aromatic carbocycles. The molecule has 0 amide bonds. The van der Waals surface area contributed by atoms with E-state index >= 15 is 0 Å². The molecule has 0 saturated carbocycles. The zero-order valence-electron chi connectivity index (χ0n) is 10.1. The van der Waals surface area contributed by atoms with Crippen LogP contribution in [0.25, 0.3) is 0 Å². The Morgan fingerprint density at radius 1 is 1.62 bits per heavy atom. The number of aryl methyl sites for hydroxylation is 1. The van der Waals surface area contributed by atoms with Gasteiger partial charge in [-0.2, -0.15) is 0 Å². The van der Waals surface area contributed by atoms with E-state index in [1.54, 1.807) is 12.5 Å². The fraction of sp³-hybridized carbons (Fsp3) is 0.636. The van der Waals surface area contributed by atoms with Gasteiger partial charge in [0.15, 0.2) is 0 Å². The van der Waals surface area contributed by atoms with Gasteiger partial charge in [-0.15, -0.1) is 0 Å². The zero-order valence-corrected chi connectivity index (χ0v) is 10.1. The van der Waals surface area contributed by atoms with Crippen molar-refractivity contribution in [1.29, 1.82) is 0 Å². The highest BCUT2D eigenvalue weighted by atomic mass is 16.5. The summed E-state index contributed by atoms with van der Waals surface area (Å²) in [7, 11) is 1.40. The number of carbonyl (C=O) groups is 1. The van der Waals surface area contributed by atoms with Crippen molar-refractivity contribution in [2.75, 3.05) is 13.7 Å². The number of carbonyl (C=O) groups excluding carboxylic acids is 1. The second-order valence-corrected chi connectivity index (χ2v) is 3.51. The van der Waals surface area contributed by atoms with Crippen LogP contribution in [0.5, 0.6) is 0 Å². The summed E-state index contributed by atoms with van der Waals surface area (Å²) in [4.78, 5) is 15.7. The van der Waals surface area contributed by atoms with Gasteiger partial charge in [-0.3, -0.25) is 5.32 Å². The number of methoxy groups -OCH3 is 1. The molecule has 1 heterocycles. The van der Waals surface area contributed by atoms with Gasteiger partial charge in [-0.25, -0.2) is 9.78 Å². The predicted molar refractivity (Wildman–Crippen MR) is 61.0 cm³/mol. The van der Waals surface area contributed by atoms with E-state index < -0.39 is 6.04 Å². The third-order valence-electron chi connectivity index (χ3n) is 2.42. The van der Waals surface area contributed by atoms with E-state index in [1.165, 1.54) is 7.11 Å². The van der Waals surface area contributed by atoms with Crippen molar-refractivity contribution in [3.63, 3.8) is 0 Å². The lowest BCUT2D eigenvalue weighted by Crippen LogP contribution is -2.31. The summed E-state index contributed by atoms with van der Waals surface area (Å²) >= 11 is 0. The van der Waals surface area contributed by atoms with Gasteiger partial charge in [-0.1, -0.05) is 6.92 Å². The number of ether oxygens (including phenoxy) is 1. The summed E-state index contributed by atoms with van der Waals surface area (Å²) in [5, 5.41) is 3.16. The molecule has 0 aliphatic heterocycles. The van der Waals surface area contributed by atoms with Gasteiger partial charge in [0.25, 0.3) is 0 Å². The van der Waals surface area contributed by atoms with Crippen molar-refractivity contribution >= 4 is 5.97 Å². The van der Waals surface area contributed by atoms with Crippen LogP contribution in [0.3, 0.4) is 0 Å². The van der Waals surface area contributed by atoms with Crippen LogP contribution in [0.15, 0.2) is 12.5 Å². The number of esters is 1. The third-order valence-corrected chi connectivity index (χ3v) is 2.42. The van der Waals surface area contributed by atoms with E-state index in [-0.39, 0.29) is 5.97 Å². The van der Waals surface area contributed by atoms with E-state index in [9.17, 15) is 4.79 Å². The minimum absolute atomic E-state index is 0.274. The Kier molecular flexibility index (Phi) is 4.98. The van der Waals surface area contributed by atoms with Gasteiger partial charge in [-0.05, 0) is 19.9 Å². The Morgan fingerprint density at radius 3 is 2.94 bits per heavy atom. The van der Waals surface area contributed by atoms with Crippen LogP contribution in [-0.2, 0) is 16.1 Å². The SMILES string of the molecule is CCCNC(C(=O)OC)c1cncn1CC. The van der Waals surface area contributed by atoms with Crippen molar-refractivity contribution in [2.45, 2.75) is 32.9 Å². The summed E-state index contributed by atoms with van der Waals surface area (Å²) in [6.07, 6.45) is 4.39. The maximum absolute atomic E-state index is 11.7. The second kappa shape index (κ2) is 6.27. The lowest BCUT2D eigenvalue weighted by Gasteiger charge is -2.17. The Bertz CT molecular complexity index is 336. The van der Waals surface area contributed by atoms with Gasteiger partial charge < -0.3 is 9.30 Å². The molecule has 0 aliphatic carbocycles. The predicted octanol–water partition coefficient (Wildman–Crippen LogP) is 1.12. The van der Waals surface area contributed by atoms with Crippen molar-refractivity contribution < 1.29 is 9.53 Å². The third kappa shape index (κ3) is 2.82. The number of rotatable bonds is 6. The Balaban J connectivity index is 2.87. The highest BCUT2D eigenvalue weighted by molar-refractivity contribution is 5.76. The van der Waals surface area contributed by atoms with E-state index in [0.717, 1.165) is 25.2 Å². The van der Waals surface area contributed by atoms with E-state index in [0.29, 0.717) is 0 Å². The lowest BCUT2D eigenvalue weighted by atomic mass is 10.2. The summed E-state index contributed by atoms with van der Waals surface area (Å²) < 4.78 is 6.72. The fourth-order valence-electron chi connectivity index (χ4n) is 1.55. The van der Waals surface area contributed by atoms with Crippen molar-refractivity contribution in [1.82, 2.24) is 14.9 Å². The summed E-state index contributed by atoms with van der Waals surface area (Å²) in [5.41, 5.74) is 0.850. The smallest absolute Gasteiger partial charge is 0.329 e. The van der Waals surface area contributed by atoms with Crippen LogP contribution < -0.4 is 5.32 Å². The maximum Gasteiger partial charge on any atom is 0.329 e. The second-order valence-electron chi connectivity index (χ2n) is 3.51. The number of hydrogen-bond donors (Lipinski definition) is 1. The molecule has 0 radical (unpaired) electrons. The number of hydrogen-bond acceptors (Lipinski definition) is 4. The largest absolute Gasteiger partial charge is 0.468 e. The Labute approximate surface area is 95.8 Å². The average Bonchev–Trinajstić information content (AvgIpc) is 2.77. The molecule has 1 atom stereocenters. The van der Waals surface area contributed by atoms with Crippen LogP contribution in [0, 0.1) is 0 Å². The molecule has 90 valence electrons. The van der Waals surface area contributed by atoms with Gasteiger partial charge in [0.1, 0.15) is 6.04 Å². The number of aromatic nitrogens is 2. The first-order chi connectivity index (χ1) is 7.74. The molecule has 0 bridgehead atoms. The summed E-state index contributed by atoms with van der Waals surface area (Å²) in [6.45, 7) is 5.63. The lowest BCUT2D eigenvalue weighted by molar-refractivity contribution is -0.143. The zero-order chi connectivity index (χ0) is 12.0. The molecule has 0 saturated heterocycles. The Hall–Kier alpha value is -1.36. The maximum atomic E-state index is 11.7. The molecule has 1 aromatic rings. The molecule has 0 aliphatic rings. The molecule has 5 heteroatoms. The molecule has 0 fully saturated rings. The molecule has 5 nitrogen and oxygen atoms in total. The number of imidazole rings is 1. The normalized spacial score (nSPS) is 12.4. The molecule has 1 N–H and O–H groups in total. The molecular formula is C11H19N3O2. The quantitative estimate of drug-likeness (QED) is 0.737. The van der Waals surface area contributed by atoms with Crippen LogP contribution in [0.4, 0.5) is 0 Å². The van der Waals surface area contributed by atoms with Crippen molar-refractivity contribution in [3.05, 3.63) is 18.2 Å². The monoisotopic (exact) mass is 225 g/mol. The summed E-state index contributed by atoms with van der Waals surface area (Å²) in [5.74, 6) is -0.274. The molecule has 0 spiro atoms. The minimum Gasteiger partial charge on any atom is -0.468 e. The van der Waals surface area contributed by atoms with Gasteiger partial charge >= 0.3 is 5.97 Å². The molecule has 16 heavy (non-hydrogen) atoms. The van der Waals surface area contributed by atoms with Crippen LogP contribution in [0.2, 0.25) is 0 Å². The van der Waals surface area contributed by atoms with E-state index in [4.69, 9.17) is 4.74 Å². The van der Waals surface area contributed by atoms with Crippen molar-refractivity contribution in [3.8, 4) is 0 Å². The minimum atomic E-state index is -0.424. The van der Waals surface area contributed by atoms with Gasteiger partial charge in [0.05, 0.1) is 25.3 Å². The van der Waals surface area contributed by atoms with Gasteiger partial charge in [0, 0.05) is 6.54 Å². The Morgan fingerprint density at radius 2 is 2.38 bits per heavy atom. The standard InChI is InChI=1S/C11H19N3O2/c1-4-6-13-10(11(15)16-3)9-7-12-8-14(9)5-2/h7-8,10,13H,4-6H2,1-3H3. The first-order valence-electron chi connectivity index (χ1n) is 5.55. The van der Waals surface area contributed by atoms with Crippen molar-refractivity contribution in [2.24, 2.45) is 0 Å². The highest BCUT2D eigenvalue weighted by Gasteiger charge is 2.23. The van der Waals surface area contributed by atoms with Gasteiger partial charge in [0.2, 0.25) is 0 Å². The highest BCUT2D eigenvalue weighted by Crippen LogP contribution is 2.14. The first-order valence-corrected chi connectivity index (χ1v) is 5.55. The van der Waals surface area contributed by atoms with Crippen LogP contribution >= 0.6 is 0 Å². The number of nitrogens with one attached hydrogen (secondary N) is 1. The molecule has 1 rings (SSSR count). The van der Waals surface area contributed by atoms with E-state index in [2.05, 4.69) is 17.2 Å². The first kappa shape index (κ1) is 12.7. The van der Waals surface area contributed by atoms with Crippen LogP contribution in [0.1, 0.15) is 32.0 Å². The average molecular weight is 225 g/mol. The number of nitrogens with zero attached hydrogens (tertiary/aromatic N) is 2. The topological polar surface area (TPSA) is 56.1 Å². The molecular weight excluding hydrogens is 206 g/mol. The molecule has 1 aromatic heterocycles. The summed E-state index contributed by atoms with van der Waals surface area (Å²) in [6, 6.07) is -0.424. The fourth-order valence-corrected chi connectivity index (χ4v) is 1.55.